The van der Waals surface area contributed by atoms with Gasteiger partial charge in [0.05, 0.1) is 30.3 Å². The molecule has 1 heterocycles. The van der Waals surface area contributed by atoms with Crippen LogP contribution in [0, 0.1) is 11.3 Å². The number of hydrogen-bond donors (Lipinski definition) is 1. The fraction of sp³-hybridized carbons (Fsp3) is 0.250. The van der Waals surface area contributed by atoms with Gasteiger partial charge in [-0.3, -0.25) is 14.6 Å². The van der Waals surface area contributed by atoms with Crippen molar-refractivity contribution in [1.82, 2.24) is 15.0 Å². The Morgan fingerprint density at radius 3 is 2.76 bits per heavy atom. The van der Waals surface area contributed by atoms with Crippen molar-refractivity contribution >= 4 is 24.2 Å². The van der Waals surface area contributed by atoms with Crippen LogP contribution in [0.4, 0.5) is 13.2 Å². The number of aldehydes is 1. The summed E-state index contributed by atoms with van der Waals surface area (Å²) < 4.78 is 44.3. The molecule has 2 rings (SSSR count). The second kappa shape index (κ2) is 11.7. The van der Waals surface area contributed by atoms with Crippen LogP contribution in [0.1, 0.15) is 24.5 Å². The van der Waals surface area contributed by atoms with E-state index in [1.54, 1.807) is 0 Å². The third-order valence-electron chi connectivity index (χ3n) is 3.68. The molecule has 0 fully saturated rings. The van der Waals surface area contributed by atoms with Crippen molar-refractivity contribution in [3.05, 3.63) is 62.7 Å². The van der Waals surface area contributed by atoms with E-state index >= 15 is 0 Å². The highest BCUT2D eigenvalue weighted by molar-refractivity contribution is 6.30. The van der Waals surface area contributed by atoms with E-state index in [-0.39, 0.29) is 40.3 Å². The molecule has 1 N–H and O–H groups in total. The minimum atomic E-state index is -4.91. The fourth-order valence-corrected chi connectivity index (χ4v) is 2.50. The molecule has 33 heavy (non-hydrogen) atoms. The number of carbonyl (C=O) groups is 1. The van der Waals surface area contributed by atoms with E-state index < -0.39 is 24.0 Å². The van der Waals surface area contributed by atoms with Crippen LogP contribution in [0.5, 0.6) is 11.8 Å². The van der Waals surface area contributed by atoms with Gasteiger partial charge >= 0.3 is 6.18 Å². The zero-order valence-corrected chi connectivity index (χ0v) is 17.9. The number of nitriles is 1. The summed E-state index contributed by atoms with van der Waals surface area (Å²) in [6.07, 6.45) is -2.26. The maximum absolute atomic E-state index is 13.0. The number of benzene rings is 1. The van der Waals surface area contributed by atoms with Gasteiger partial charge < -0.3 is 9.57 Å². The lowest BCUT2D eigenvalue weighted by Gasteiger charge is -2.20. The normalized spacial score (nSPS) is 11.8. The Labute approximate surface area is 190 Å². The van der Waals surface area contributed by atoms with Crippen LogP contribution < -0.4 is 15.1 Å². The standard InChI is InChI=1S/C20H17ClF3N5O4/c1-2-5-32-19-26-10-14(18(31)28-19)11-29(12-27-17(3-4-30)20(22,23)24)33-16-7-13(9-25)6-15(21)8-16/h3-4,6-8,10,12H,2,5,11H2,1H3,(H,26,28,31)/b17-3-,27-12-. The first-order valence-corrected chi connectivity index (χ1v) is 9.67. The van der Waals surface area contributed by atoms with Crippen molar-refractivity contribution in [3.63, 3.8) is 0 Å². The summed E-state index contributed by atoms with van der Waals surface area (Å²) in [5.74, 6) is -0.00860. The molecule has 1 aromatic heterocycles. The predicted octanol–water partition coefficient (Wildman–Crippen LogP) is 3.55. The van der Waals surface area contributed by atoms with Crippen molar-refractivity contribution in [2.24, 2.45) is 4.99 Å². The maximum atomic E-state index is 13.0. The number of aromatic amines is 1. The Balaban J connectivity index is 2.38. The van der Waals surface area contributed by atoms with Crippen LogP contribution in [0.15, 0.2) is 46.0 Å². The van der Waals surface area contributed by atoms with Gasteiger partial charge in [0.1, 0.15) is 18.3 Å². The number of rotatable bonds is 10. The molecule has 174 valence electrons. The molecule has 1 aromatic carbocycles. The van der Waals surface area contributed by atoms with Crippen LogP contribution in [-0.2, 0) is 11.3 Å². The van der Waals surface area contributed by atoms with Crippen molar-refractivity contribution in [1.29, 1.82) is 5.26 Å². The van der Waals surface area contributed by atoms with E-state index in [1.165, 1.54) is 24.4 Å². The molecule has 0 bridgehead atoms. The van der Waals surface area contributed by atoms with E-state index in [9.17, 15) is 22.8 Å². The number of hydrogen-bond acceptors (Lipinski definition) is 7. The Bertz CT molecular complexity index is 1140. The van der Waals surface area contributed by atoms with Crippen LogP contribution in [0.2, 0.25) is 5.02 Å². The third-order valence-corrected chi connectivity index (χ3v) is 3.90. The van der Waals surface area contributed by atoms with Gasteiger partial charge in [-0.05, 0) is 12.5 Å². The summed E-state index contributed by atoms with van der Waals surface area (Å²) >= 11 is 5.93. The number of nitrogens with one attached hydrogen (secondary N) is 1. The van der Waals surface area contributed by atoms with E-state index in [4.69, 9.17) is 26.4 Å². The number of carbonyl (C=O) groups excluding carboxylic acids is 1. The lowest BCUT2D eigenvalue weighted by molar-refractivity contribution is -0.106. The molecule has 0 spiro atoms. The minimum absolute atomic E-state index is 0.000703. The Kier molecular flexibility index (Phi) is 8.99. The molecule has 0 radical (unpaired) electrons. The zero-order chi connectivity index (χ0) is 24.4. The highest BCUT2D eigenvalue weighted by Gasteiger charge is 2.33. The molecule has 0 aliphatic rings. The first-order chi connectivity index (χ1) is 15.7. The molecule has 0 unspecified atom stereocenters. The number of hydroxylamine groups is 2. The monoisotopic (exact) mass is 483 g/mol. The van der Waals surface area contributed by atoms with Gasteiger partial charge in [0.2, 0.25) is 0 Å². The molecular weight excluding hydrogens is 467 g/mol. The molecule has 0 amide bonds. The van der Waals surface area contributed by atoms with Gasteiger partial charge in [-0.25, -0.2) is 9.98 Å². The number of nitrogens with zero attached hydrogens (tertiary/aromatic N) is 4. The SMILES string of the molecule is CCCOc1ncc(CN(/C=N\C(=C/C=O)C(F)(F)F)Oc2cc(Cl)cc(C#N)c2)c(=O)[nH]1. The van der Waals surface area contributed by atoms with E-state index in [0.717, 1.165) is 5.06 Å². The summed E-state index contributed by atoms with van der Waals surface area (Å²) in [6.45, 7) is 1.78. The molecular formula is C20H17ClF3N5O4. The molecule has 0 atom stereocenters. The predicted molar refractivity (Wildman–Crippen MR) is 112 cm³/mol. The van der Waals surface area contributed by atoms with E-state index in [0.29, 0.717) is 19.4 Å². The second-order valence-corrected chi connectivity index (χ2v) is 6.71. The molecule has 0 saturated heterocycles. The number of ether oxygens (including phenoxy) is 1. The molecule has 9 nitrogen and oxygen atoms in total. The van der Waals surface area contributed by atoms with Crippen molar-refractivity contribution in [2.75, 3.05) is 6.61 Å². The van der Waals surface area contributed by atoms with E-state index in [1.807, 2.05) is 13.0 Å². The fourth-order valence-electron chi connectivity index (χ4n) is 2.27. The number of aliphatic imine (C=N–C) groups is 1. The van der Waals surface area contributed by atoms with Crippen molar-refractivity contribution < 1.29 is 27.5 Å². The van der Waals surface area contributed by atoms with Gasteiger partial charge in [0.15, 0.2) is 5.75 Å². The lowest BCUT2D eigenvalue weighted by atomic mass is 10.2. The number of halogens is 4. The highest BCUT2D eigenvalue weighted by atomic mass is 35.5. The zero-order valence-electron chi connectivity index (χ0n) is 17.1. The largest absolute Gasteiger partial charge is 0.465 e. The van der Waals surface area contributed by atoms with E-state index in [2.05, 4.69) is 15.0 Å². The summed E-state index contributed by atoms with van der Waals surface area (Å²) in [5, 5.41) is 9.99. The summed E-state index contributed by atoms with van der Waals surface area (Å²) in [6, 6.07) is 5.78. The van der Waals surface area contributed by atoms with Crippen molar-refractivity contribution in [2.45, 2.75) is 26.1 Å². The third kappa shape index (κ3) is 7.97. The minimum Gasteiger partial charge on any atom is -0.465 e. The smallest absolute Gasteiger partial charge is 0.433 e. The van der Waals surface area contributed by atoms with Crippen LogP contribution >= 0.6 is 11.6 Å². The highest BCUT2D eigenvalue weighted by Crippen LogP contribution is 2.26. The molecule has 0 saturated carbocycles. The van der Waals surface area contributed by atoms with Crippen molar-refractivity contribution in [3.8, 4) is 17.8 Å². The molecule has 2 aromatic rings. The van der Waals surface area contributed by atoms with Gasteiger partial charge in [-0.2, -0.15) is 23.5 Å². The number of alkyl halides is 3. The number of allylic oxidation sites excluding steroid dienone is 2. The average molecular weight is 484 g/mol. The molecule has 13 heteroatoms. The summed E-state index contributed by atoms with van der Waals surface area (Å²) in [4.78, 5) is 38.0. The van der Waals surface area contributed by atoms with Gasteiger partial charge in [-0.1, -0.05) is 18.5 Å². The Morgan fingerprint density at radius 1 is 1.39 bits per heavy atom. The molecule has 0 aliphatic heterocycles. The lowest BCUT2D eigenvalue weighted by Crippen LogP contribution is -2.30. The first-order valence-electron chi connectivity index (χ1n) is 9.29. The van der Waals surface area contributed by atoms with Crippen LogP contribution in [0.25, 0.3) is 0 Å². The maximum Gasteiger partial charge on any atom is 0.433 e. The van der Waals surface area contributed by atoms with Gasteiger partial charge in [0, 0.05) is 29.4 Å². The van der Waals surface area contributed by atoms with Gasteiger partial charge in [0.25, 0.3) is 11.6 Å². The van der Waals surface area contributed by atoms with Crippen LogP contribution in [-0.4, -0.2) is 40.4 Å². The molecule has 0 aliphatic carbocycles. The average Bonchev–Trinajstić information content (AvgIpc) is 2.75. The first kappa shape index (κ1) is 25.4. The van der Waals surface area contributed by atoms with Gasteiger partial charge in [-0.15, -0.1) is 0 Å². The van der Waals surface area contributed by atoms with Crippen LogP contribution in [0.3, 0.4) is 0 Å². The second-order valence-electron chi connectivity index (χ2n) is 6.28. The number of H-pyrrole nitrogens is 1. The number of aromatic nitrogens is 2. The summed E-state index contributed by atoms with van der Waals surface area (Å²) in [5.41, 5.74) is -1.99. The summed E-state index contributed by atoms with van der Waals surface area (Å²) in [7, 11) is 0. The Hall–Kier alpha value is -3.85. The Morgan fingerprint density at radius 2 is 2.15 bits per heavy atom. The quantitative estimate of drug-likeness (QED) is 0.180. The topological polar surface area (TPSA) is 121 Å².